The highest BCUT2D eigenvalue weighted by Crippen LogP contribution is 2.30. The Morgan fingerprint density at radius 3 is 3.07 bits per heavy atom. The van der Waals surface area contributed by atoms with E-state index in [1.54, 1.807) is 6.07 Å². The second kappa shape index (κ2) is 3.96. The van der Waals surface area contributed by atoms with E-state index in [1.165, 1.54) is 6.07 Å². The molecule has 2 nitrogen and oxygen atoms in total. The zero-order valence-electron chi connectivity index (χ0n) is 8.17. The van der Waals surface area contributed by atoms with E-state index < -0.39 is 0 Å². The van der Waals surface area contributed by atoms with E-state index in [2.05, 4.69) is 4.90 Å². The molecule has 2 rings (SSSR count). The molecule has 1 aromatic rings. The van der Waals surface area contributed by atoms with Crippen molar-refractivity contribution in [3.63, 3.8) is 0 Å². The summed E-state index contributed by atoms with van der Waals surface area (Å²) in [6, 6.07) is 5.31. The van der Waals surface area contributed by atoms with Crippen LogP contribution >= 0.6 is 0 Å². The smallest absolute Gasteiger partial charge is 0.146 e. The standard InChI is InChI=1S/C11H15FN2/c12-10-4-1-3-9-5-8-14(11(9)10)7-2-6-13/h1,3-4H,2,5-8,13H2. The molecule has 1 aliphatic rings. The van der Waals surface area contributed by atoms with Crippen molar-refractivity contribution in [2.24, 2.45) is 5.73 Å². The van der Waals surface area contributed by atoms with Gasteiger partial charge in [-0.3, -0.25) is 0 Å². The maximum Gasteiger partial charge on any atom is 0.146 e. The Hall–Kier alpha value is -1.09. The maximum atomic E-state index is 13.5. The van der Waals surface area contributed by atoms with Crippen molar-refractivity contribution in [3.05, 3.63) is 29.6 Å². The third-order valence-corrected chi connectivity index (χ3v) is 2.67. The van der Waals surface area contributed by atoms with Crippen LogP contribution in [0.3, 0.4) is 0 Å². The fourth-order valence-corrected chi connectivity index (χ4v) is 1.99. The normalized spacial score (nSPS) is 14.6. The molecule has 0 saturated heterocycles. The molecule has 0 unspecified atom stereocenters. The molecule has 0 atom stereocenters. The Labute approximate surface area is 83.5 Å². The van der Waals surface area contributed by atoms with E-state index in [0.29, 0.717) is 6.54 Å². The summed E-state index contributed by atoms with van der Waals surface area (Å²) in [6.45, 7) is 2.46. The van der Waals surface area contributed by atoms with Crippen LogP contribution in [0.5, 0.6) is 0 Å². The molecule has 2 N–H and O–H groups in total. The first-order valence-corrected chi connectivity index (χ1v) is 5.05. The van der Waals surface area contributed by atoms with Crippen molar-refractivity contribution in [3.8, 4) is 0 Å². The molecule has 1 aromatic carbocycles. The second-order valence-electron chi connectivity index (χ2n) is 3.63. The summed E-state index contributed by atoms with van der Waals surface area (Å²) in [7, 11) is 0. The SMILES string of the molecule is NCCCN1CCc2cccc(F)c21. The van der Waals surface area contributed by atoms with Gasteiger partial charge in [0.15, 0.2) is 0 Å². The summed E-state index contributed by atoms with van der Waals surface area (Å²) >= 11 is 0. The van der Waals surface area contributed by atoms with Crippen molar-refractivity contribution in [2.45, 2.75) is 12.8 Å². The molecule has 0 radical (unpaired) electrons. The number of anilines is 1. The average molecular weight is 194 g/mol. The third kappa shape index (κ3) is 1.60. The van der Waals surface area contributed by atoms with E-state index in [4.69, 9.17) is 5.73 Å². The van der Waals surface area contributed by atoms with Gasteiger partial charge in [0.25, 0.3) is 0 Å². The van der Waals surface area contributed by atoms with Crippen molar-refractivity contribution in [1.29, 1.82) is 0 Å². The van der Waals surface area contributed by atoms with Crippen LogP contribution in [0.2, 0.25) is 0 Å². The van der Waals surface area contributed by atoms with Gasteiger partial charge >= 0.3 is 0 Å². The number of nitrogens with two attached hydrogens (primary N) is 1. The van der Waals surface area contributed by atoms with Crippen LogP contribution in [0, 0.1) is 5.82 Å². The quantitative estimate of drug-likeness (QED) is 0.790. The van der Waals surface area contributed by atoms with Gasteiger partial charge in [-0.1, -0.05) is 12.1 Å². The highest BCUT2D eigenvalue weighted by Gasteiger charge is 2.21. The van der Waals surface area contributed by atoms with Gasteiger partial charge in [-0.25, -0.2) is 4.39 Å². The number of rotatable bonds is 3. The van der Waals surface area contributed by atoms with Crippen molar-refractivity contribution in [1.82, 2.24) is 0 Å². The molecular weight excluding hydrogens is 179 g/mol. The predicted octanol–water partition coefficient (Wildman–Crippen LogP) is 1.54. The zero-order valence-corrected chi connectivity index (χ0v) is 8.17. The lowest BCUT2D eigenvalue weighted by atomic mass is 10.1. The summed E-state index contributed by atoms with van der Waals surface area (Å²) in [5, 5.41) is 0. The minimum absolute atomic E-state index is 0.1000. The highest BCUT2D eigenvalue weighted by molar-refractivity contribution is 5.58. The Morgan fingerprint density at radius 2 is 2.29 bits per heavy atom. The lowest BCUT2D eigenvalue weighted by molar-refractivity contribution is 0.620. The van der Waals surface area contributed by atoms with E-state index in [1.807, 2.05) is 6.07 Å². The summed E-state index contributed by atoms with van der Waals surface area (Å²) in [6.07, 6.45) is 1.88. The maximum absolute atomic E-state index is 13.5. The average Bonchev–Trinajstić information content (AvgIpc) is 2.59. The first-order chi connectivity index (χ1) is 6.83. The number of para-hydroxylation sites is 1. The minimum Gasteiger partial charge on any atom is -0.369 e. The molecule has 76 valence electrons. The van der Waals surface area contributed by atoms with Crippen molar-refractivity contribution in [2.75, 3.05) is 24.5 Å². The predicted molar refractivity (Wildman–Crippen MR) is 56.0 cm³/mol. The highest BCUT2D eigenvalue weighted by atomic mass is 19.1. The lowest BCUT2D eigenvalue weighted by Gasteiger charge is -2.19. The molecule has 0 bridgehead atoms. The molecule has 0 aromatic heterocycles. The summed E-state index contributed by atoms with van der Waals surface area (Å²) in [4.78, 5) is 2.09. The molecule has 14 heavy (non-hydrogen) atoms. The van der Waals surface area contributed by atoms with Crippen LogP contribution in [0.25, 0.3) is 0 Å². The Balaban J connectivity index is 2.20. The molecular formula is C11H15FN2. The molecule has 0 fully saturated rings. The number of hydrogen-bond acceptors (Lipinski definition) is 2. The number of hydrogen-bond donors (Lipinski definition) is 1. The first kappa shape index (κ1) is 9.46. The topological polar surface area (TPSA) is 29.3 Å². The van der Waals surface area contributed by atoms with Gasteiger partial charge in [-0.2, -0.15) is 0 Å². The first-order valence-electron chi connectivity index (χ1n) is 5.05. The number of nitrogens with zero attached hydrogens (tertiary/aromatic N) is 1. The Morgan fingerprint density at radius 1 is 1.43 bits per heavy atom. The summed E-state index contributed by atoms with van der Waals surface area (Å²) < 4.78 is 13.5. The molecule has 1 heterocycles. The van der Waals surface area contributed by atoms with Gasteiger partial charge < -0.3 is 10.6 Å². The summed E-state index contributed by atoms with van der Waals surface area (Å²) in [5.41, 5.74) is 7.36. The van der Waals surface area contributed by atoms with Gasteiger partial charge in [-0.15, -0.1) is 0 Å². The molecule has 0 spiro atoms. The Bertz CT molecular complexity index is 325. The molecule has 3 heteroatoms. The second-order valence-corrected chi connectivity index (χ2v) is 3.63. The van der Waals surface area contributed by atoms with Crippen LogP contribution < -0.4 is 10.6 Å². The third-order valence-electron chi connectivity index (χ3n) is 2.67. The van der Waals surface area contributed by atoms with E-state index in [9.17, 15) is 4.39 Å². The van der Waals surface area contributed by atoms with Crippen LogP contribution in [0.4, 0.5) is 10.1 Å². The van der Waals surface area contributed by atoms with Crippen LogP contribution in [0.15, 0.2) is 18.2 Å². The minimum atomic E-state index is -0.1000. The largest absolute Gasteiger partial charge is 0.369 e. The van der Waals surface area contributed by atoms with Crippen molar-refractivity contribution < 1.29 is 4.39 Å². The van der Waals surface area contributed by atoms with Gasteiger partial charge in [0.05, 0.1) is 5.69 Å². The van der Waals surface area contributed by atoms with Gasteiger partial charge in [-0.05, 0) is 31.0 Å². The van der Waals surface area contributed by atoms with Crippen molar-refractivity contribution >= 4 is 5.69 Å². The monoisotopic (exact) mass is 194 g/mol. The van der Waals surface area contributed by atoms with Crippen LogP contribution in [-0.4, -0.2) is 19.6 Å². The number of fused-ring (bicyclic) bond motifs is 1. The van der Waals surface area contributed by atoms with Crippen LogP contribution in [0.1, 0.15) is 12.0 Å². The van der Waals surface area contributed by atoms with Gasteiger partial charge in [0.2, 0.25) is 0 Å². The van der Waals surface area contributed by atoms with E-state index >= 15 is 0 Å². The number of benzene rings is 1. The fraction of sp³-hybridized carbons (Fsp3) is 0.455. The zero-order chi connectivity index (χ0) is 9.97. The molecule has 1 aliphatic heterocycles. The Kier molecular flexibility index (Phi) is 2.68. The van der Waals surface area contributed by atoms with Crippen LogP contribution in [-0.2, 0) is 6.42 Å². The van der Waals surface area contributed by atoms with E-state index in [0.717, 1.165) is 37.2 Å². The van der Waals surface area contributed by atoms with Gasteiger partial charge in [0, 0.05) is 13.1 Å². The number of halogens is 1. The molecule has 0 amide bonds. The molecule has 0 aliphatic carbocycles. The molecule has 0 saturated carbocycles. The van der Waals surface area contributed by atoms with Gasteiger partial charge in [0.1, 0.15) is 5.82 Å². The fourth-order valence-electron chi connectivity index (χ4n) is 1.99. The lowest BCUT2D eigenvalue weighted by Crippen LogP contribution is -2.24. The summed E-state index contributed by atoms with van der Waals surface area (Å²) in [5.74, 6) is -0.1000. The van der Waals surface area contributed by atoms with E-state index in [-0.39, 0.29) is 5.82 Å².